The van der Waals surface area contributed by atoms with E-state index in [4.69, 9.17) is 5.11 Å². The standard InChI is InChI=1S/C16H27NO3/c1-12(2)16(7-8-16)11-17-13(18)9-15(10-14(19)20)5-3-4-6-15/h12H,3-11H2,1-2H3,(H,17,18)(H,19,20). The zero-order valence-corrected chi connectivity index (χ0v) is 12.7. The van der Waals surface area contributed by atoms with Gasteiger partial charge in [-0.2, -0.15) is 0 Å². The second-order valence-electron chi connectivity index (χ2n) is 7.25. The number of rotatable bonds is 7. The van der Waals surface area contributed by atoms with Crippen LogP contribution in [0.2, 0.25) is 0 Å². The van der Waals surface area contributed by atoms with Gasteiger partial charge in [-0.05, 0) is 42.4 Å². The van der Waals surface area contributed by atoms with Gasteiger partial charge in [0.25, 0.3) is 0 Å². The van der Waals surface area contributed by atoms with E-state index >= 15 is 0 Å². The van der Waals surface area contributed by atoms with Gasteiger partial charge in [-0.25, -0.2) is 0 Å². The lowest BCUT2D eigenvalue weighted by Gasteiger charge is -2.27. The molecule has 2 fully saturated rings. The number of nitrogens with one attached hydrogen (secondary N) is 1. The maximum absolute atomic E-state index is 12.2. The first-order chi connectivity index (χ1) is 9.38. The van der Waals surface area contributed by atoms with Crippen molar-refractivity contribution in [2.45, 2.75) is 65.2 Å². The van der Waals surface area contributed by atoms with Gasteiger partial charge in [0.15, 0.2) is 0 Å². The zero-order chi connectivity index (χ0) is 14.8. The Labute approximate surface area is 121 Å². The van der Waals surface area contributed by atoms with Crippen LogP contribution in [0.5, 0.6) is 0 Å². The predicted octanol–water partition coefficient (Wildman–Crippen LogP) is 2.96. The zero-order valence-electron chi connectivity index (χ0n) is 12.7. The molecule has 0 heterocycles. The van der Waals surface area contributed by atoms with Crippen molar-refractivity contribution >= 4 is 11.9 Å². The Morgan fingerprint density at radius 2 is 1.70 bits per heavy atom. The number of carboxylic acid groups (broad SMARTS) is 1. The lowest BCUT2D eigenvalue weighted by atomic mass is 9.79. The fraction of sp³-hybridized carbons (Fsp3) is 0.875. The van der Waals surface area contributed by atoms with Crippen molar-refractivity contribution in [1.82, 2.24) is 5.32 Å². The summed E-state index contributed by atoms with van der Waals surface area (Å²) in [5.74, 6) is -0.136. The first-order valence-electron chi connectivity index (χ1n) is 7.86. The summed E-state index contributed by atoms with van der Waals surface area (Å²) in [6.07, 6.45) is 6.77. The van der Waals surface area contributed by atoms with Crippen molar-refractivity contribution in [3.8, 4) is 0 Å². The van der Waals surface area contributed by atoms with Crippen LogP contribution in [0.4, 0.5) is 0 Å². The molecule has 20 heavy (non-hydrogen) atoms. The maximum Gasteiger partial charge on any atom is 0.303 e. The minimum absolute atomic E-state index is 0.0417. The fourth-order valence-corrected chi connectivity index (χ4v) is 3.66. The van der Waals surface area contributed by atoms with Crippen LogP contribution >= 0.6 is 0 Å². The molecule has 114 valence electrons. The van der Waals surface area contributed by atoms with Crippen LogP contribution in [0.15, 0.2) is 0 Å². The highest BCUT2D eigenvalue weighted by molar-refractivity contribution is 5.78. The van der Waals surface area contributed by atoms with E-state index in [9.17, 15) is 9.59 Å². The second kappa shape index (κ2) is 5.74. The van der Waals surface area contributed by atoms with Gasteiger partial charge in [-0.15, -0.1) is 0 Å². The highest BCUT2D eigenvalue weighted by Crippen LogP contribution is 2.51. The highest BCUT2D eigenvalue weighted by atomic mass is 16.4. The van der Waals surface area contributed by atoms with E-state index in [0.717, 1.165) is 32.2 Å². The summed E-state index contributed by atoms with van der Waals surface area (Å²) in [7, 11) is 0. The van der Waals surface area contributed by atoms with Crippen molar-refractivity contribution < 1.29 is 14.7 Å². The SMILES string of the molecule is CC(C)C1(CNC(=O)CC2(CC(=O)O)CCCC2)CC1. The van der Waals surface area contributed by atoms with Crippen molar-refractivity contribution in [3.63, 3.8) is 0 Å². The lowest BCUT2D eigenvalue weighted by Crippen LogP contribution is -2.36. The molecule has 1 amide bonds. The number of hydrogen-bond acceptors (Lipinski definition) is 2. The average molecular weight is 281 g/mol. The molecule has 0 aromatic rings. The molecule has 2 rings (SSSR count). The molecule has 0 atom stereocenters. The molecule has 0 aromatic carbocycles. The van der Waals surface area contributed by atoms with Gasteiger partial charge in [-0.3, -0.25) is 9.59 Å². The summed E-state index contributed by atoms with van der Waals surface area (Å²) < 4.78 is 0. The molecule has 4 heteroatoms. The molecule has 0 unspecified atom stereocenters. The molecule has 2 N–H and O–H groups in total. The fourth-order valence-electron chi connectivity index (χ4n) is 3.66. The number of amides is 1. The average Bonchev–Trinajstić information content (AvgIpc) is 3.03. The summed E-state index contributed by atoms with van der Waals surface area (Å²) in [6, 6.07) is 0. The highest BCUT2D eigenvalue weighted by Gasteiger charge is 2.45. The van der Waals surface area contributed by atoms with Crippen molar-refractivity contribution in [2.24, 2.45) is 16.7 Å². The Morgan fingerprint density at radius 1 is 1.10 bits per heavy atom. The van der Waals surface area contributed by atoms with Gasteiger partial charge in [0.05, 0.1) is 6.42 Å². The molecule has 0 aromatic heterocycles. The molecule has 0 aliphatic heterocycles. The summed E-state index contributed by atoms with van der Waals surface area (Å²) in [6.45, 7) is 5.18. The third-order valence-electron chi connectivity index (χ3n) is 5.48. The summed E-state index contributed by atoms with van der Waals surface area (Å²) >= 11 is 0. The van der Waals surface area contributed by atoms with Crippen LogP contribution < -0.4 is 5.32 Å². The first-order valence-corrected chi connectivity index (χ1v) is 7.86. The molecule has 0 bridgehead atoms. The van der Waals surface area contributed by atoms with E-state index in [1.54, 1.807) is 0 Å². The Balaban J connectivity index is 1.84. The van der Waals surface area contributed by atoms with Gasteiger partial charge in [0.1, 0.15) is 0 Å². The number of aliphatic carboxylic acids is 1. The number of carbonyl (C=O) groups excluding carboxylic acids is 1. The smallest absolute Gasteiger partial charge is 0.303 e. The molecule has 4 nitrogen and oxygen atoms in total. The van der Waals surface area contributed by atoms with Crippen LogP contribution in [0.25, 0.3) is 0 Å². The van der Waals surface area contributed by atoms with Crippen molar-refractivity contribution in [1.29, 1.82) is 0 Å². The molecule has 0 saturated heterocycles. The third-order valence-corrected chi connectivity index (χ3v) is 5.48. The Kier molecular flexibility index (Phi) is 4.40. The quantitative estimate of drug-likeness (QED) is 0.754. The lowest BCUT2D eigenvalue weighted by molar-refractivity contribution is -0.140. The van der Waals surface area contributed by atoms with Gasteiger partial charge < -0.3 is 10.4 Å². The topological polar surface area (TPSA) is 66.4 Å². The van der Waals surface area contributed by atoms with Crippen LogP contribution in [-0.4, -0.2) is 23.5 Å². The van der Waals surface area contributed by atoms with Crippen LogP contribution in [-0.2, 0) is 9.59 Å². The summed E-state index contributed by atoms with van der Waals surface area (Å²) in [4.78, 5) is 23.2. The number of hydrogen-bond donors (Lipinski definition) is 2. The largest absolute Gasteiger partial charge is 0.481 e. The monoisotopic (exact) mass is 281 g/mol. The third kappa shape index (κ3) is 3.53. The second-order valence-corrected chi connectivity index (χ2v) is 7.25. The number of carboxylic acids is 1. The van der Waals surface area contributed by atoms with E-state index in [1.807, 2.05) is 0 Å². The summed E-state index contributed by atoms with van der Waals surface area (Å²) in [5.41, 5.74) is 0.0236. The van der Waals surface area contributed by atoms with Crippen LogP contribution in [0.3, 0.4) is 0 Å². The van der Waals surface area contributed by atoms with Crippen molar-refractivity contribution in [2.75, 3.05) is 6.54 Å². The molecule has 0 spiro atoms. The van der Waals surface area contributed by atoms with E-state index in [-0.39, 0.29) is 17.7 Å². The minimum atomic E-state index is -0.777. The van der Waals surface area contributed by atoms with Gasteiger partial charge >= 0.3 is 5.97 Å². The Morgan fingerprint density at radius 3 is 2.15 bits per heavy atom. The molecular formula is C16H27NO3. The molecule has 2 aliphatic rings. The van der Waals surface area contributed by atoms with E-state index in [2.05, 4.69) is 19.2 Å². The molecule has 0 radical (unpaired) electrons. The van der Waals surface area contributed by atoms with Crippen LogP contribution in [0, 0.1) is 16.7 Å². The van der Waals surface area contributed by atoms with E-state index in [0.29, 0.717) is 17.8 Å². The van der Waals surface area contributed by atoms with Gasteiger partial charge in [-0.1, -0.05) is 26.7 Å². The van der Waals surface area contributed by atoms with E-state index < -0.39 is 5.97 Å². The maximum atomic E-state index is 12.2. The van der Waals surface area contributed by atoms with Gasteiger partial charge in [0, 0.05) is 13.0 Å². The van der Waals surface area contributed by atoms with E-state index in [1.165, 1.54) is 12.8 Å². The molecule has 2 aliphatic carbocycles. The predicted molar refractivity (Wildman–Crippen MR) is 77.3 cm³/mol. The number of carbonyl (C=O) groups is 2. The molecular weight excluding hydrogens is 254 g/mol. The normalized spacial score (nSPS) is 22.8. The van der Waals surface area contributed by atoms with Crippen LogP contribution in [0.1, 0.15) is 65.2 Å². The van der Waals surface area contributed by atoms with Gasteiger partial charge in [0.2, 0.25) is 5.91 Å². The minimum Gasteiger partial charge on any atom is -0.481 e. The van der Waals surface area contributed by atoms with Crippen molar-refractivity contribution in [3.05, 3.63) is 0 Å². The first kappa shape index (κ1) is 15.3. The Hall–Kier alpha value is -1.06. The molecule has 2 saturated carbocycles. The Bertz CT molecular complexity index is 379. The summed E-state index contributed by atoms with van der Waals surface area (Å²) in [5, 5.41) is 12.1.